The molecule has 3 fully saturated rings. The molecule has 0 radical (unpaired) electrons. The lowest BCUT2D eigenvalue weighted by Gasteiger charge is -2.27. The van der Waals surface area contributed by atoms with Crippen LogP contribution in [-0.2, 0) is 16.1 Å². The summed E-state index contributed by atoms with van der Waals surface area (Å²) >= 11 is 0. The number of hydrogen-bond donors (Lipinski definition) is 1. The van der Waals surface area contributed by atoms with Gasteiger partial charge < -0.3 is 10.2 Å². The number of aromatic nitrogens is 4. The van der Waals surface area contributed by atoms with E-state index in [1.54, 1.807) is 22.0 Å². The largest absolute Gasteiger partial charge is 0.354 e. The molecule has 3 aromatic rings. The molecule has 1 saturated heterocycles. The molecule has 1 aromatic carbocycles. The number of likely N-dealkylation sites (tertiary alicyclic amines) is 1. The Labute approximate surface area is 222 Å². The third-order valence-corrected chi connectivity index (χ3v) is 8.79. The summed E-state index contributed by atoms with van der Waals surface area (Å²) in [4.78, 5) is 49.9. The van der Waals surface area contributed by atoms with Gasteiger partial charge in [0.1, 0.15) is 24.1 Å². The molecule has 3 aliphatic rings. The number of fused-ring (bicyclic) bond motifs is 2. The molecule has 2 saturated carbocycles. The van der Waals surface area contributed by atoms with Crippen LogP contribution in [0.25, 0.3) is 22.0 Å². The minimum Gasteiger partial charge on any atom is -0.354 e. The SMILES string of the molecule is CC(=O)c1nn(CC(=O)N2[C@H](C(=O)NCC3(C)CC3)C[C@@]3(C)C[C@@H]23)c2c(C)cc(-c3cnc(C)nc3)cc12. The van der Waals surface area contributed by atoms with Crippen LogP contribution < -0.4 is 5.32 Å². The molecule has 6 rings (SSSR count). The fraction of sp³-hybridized carbons (Fsp3) is 0.517. The number of rotatable bonds is 7. The highest BCUT2D eigenvalue weighted by atomic mass is 16.2. The zero-order chi connectivity index (χ0) is 27.0. The Morgan fingerprint density at radius 2 is 1.76 bits per heavy atom. The number of Topliss-reactive ketones (excluding diaryl/α,β-unsaturated/α-hetero) is 1. The van der Waals surface area contributed by atoms with Gasteiger partial charge in [-0.1, -0.05) is 13.8 Å². The lowest BCUT2D eigenvalue weighted by molar-refractivity contribution is -0.140. The zero-order valence-electron chi connectivity index (χ0n) is 22.7. The van der Waals surface area contributed by atoms with Crippen molar-refractivity contribution >= 4 is 28.5 Å². The fourth-order valence-corrected chi connectivity index (χ4v) is 5.99. The van der Waals surface area contributed by atoms with Crippen molar-refractivity contribution in [1.29, 1.82) is 0 Å². The van der Waals surface area contributed by atoms with E-state index in [1.807, 2.05) is 26.0 Å². The van der Waals surface area contributed by atoms with Gasteiger partial charge >= 0.3 is 0 Å². The molecule has 198 valence electrons. The highest BCUT2D eigenvalue weighted by molar-refractivity contribution is 6.07. The monoisotopic (exact) mass is 514 g/mol. The van der Waals surface area contributed by atoms with Crippen molar-refractivity contribution in [2.45, 2.75) is 78.9 Å². The van der Waals surface area contributed by atoms with E-state index in [1.165, 1.54) is 6.92 Å². The second-order valence-electron chi connectivity index (χ2n) is 12.2. The molecule has 2 aliphatic carbocycles. The molecule has 2 amide bonds. The Hall–Kier alpha value is -3.62. The topological polar surface area (TPSA) is 110 Å². The van der Waals surface area contributed by atoms with Gasteiger partial charge in [-0.3, -0.25) is 19.1 Å². The number of carbonyl (C=O) groups is 3. The number of ketones is 1. The van der Waals surface area contributed by atoms with Gasteiger partial charge in [0.25, 0.3) is 0 Å². The molecule has 0 unspecified atom stereocenters. The minimum atomic E-state index is -0.461. The van der Waals surface area contributed by atoms with Gasteiger partial charge in [-0.2, -0.15) is 5.10 Å². The average molecular weight is 515 g/mol. The normalized spacial score (nSPS) is 24.8. The van der Waals surface area contributed by atoms with E-state index in [-0.39, 0.29) is 41.0 Å². The molecule has 9 heteroatoms. The molecule has 1 aliphatic heterocycles. The third kappa shape index (κ3) is 4.18. The standard InChI is InChI=1S/C29H34N6O3/c1-16-8-19(20-12-30-18(3)31-13-20)9-21-25(17(2)36)33-34(26(16)21)14-24(37)35-22(10-29(5)11-23(29)35)27(38)32-15-28(4)6-7-28/h8-9,12-13,22-23H,6-7,10-11,14-15H2,1-5H3,(H,32,38)/t22-,23+,29-/m0/s1. The predicted molar refractivity (Wildman–Crippen MR) is 142 cm³/mol. The van der Waals surface area contributed by atoms with Crippen LogP contribution in [0.1, 0.15) is 68.3 Å². The van der Waals surface area contributed by atoms with Crippen LogP contribution in [0.5, 0.6) is 0 Å². The van der Waals surface area contributed by atoms with Crippen molar-refractivity contribution < 1.29 is 14.4 Å². The summed E-state index contributed by atoms with van der Waals surface area (Å²) in [5.41, 5.74) is 3.91. The highest BCUT2D eigenvalue weighted by Gasteiger charge is 2.64. The quantitative estimate of drug-likeness (QED) is 0.483. The maximum Gasteiger partial charge on any atom is 0.245 e. The van der Waals surface area contributed by atoms with Gasteiger partial charge in [0, 0.05) is 42.9 Å². The van der Waals surface area contributed by atoms with Gasteiger partial charge in [0.2, 0.25) is 11.8 Å². The zero-order valence-corrected chi connectivity index (χ0v) is 22.7. The van der Waals surface area contributed by atoms with Gasteiger partial charge in [-0.15, -0.1) is 0 Å². The number of aryl methyl sites for hydroxylation is 2. The third-order valence-electron chi connectivity index (χ3n) is 8.79. The average Bonchev–Trinajstić information content (AvgIpc) is 3.68. The Bertz CT molecular complexity index is 1490. The van der Waals surface area contributed by atoms with E-state index >= 15 is 0 Å². The molecular weight excluding hydrogens is 480 g/mol. The Morgan fingerprint density at radius 3 is 2.42 bits per heavy atom. The number of nitrogens with one attached hydrogen (secondary N) is 1. The number of carbonyl (C=O) groups excluding carboxylic acids is 3. The maximum atomic E-state index is 13.8. The van der Waals surface area contributed by atoms with Crippen LogP contribution in [-0.4, -0.2) is 60.9 Å². The van der Waals surface area contributed by atoms with Gasteiger partial charge in [0.05, 0.1) is 5.52 Å². The lowest BCUT2D eigenvalue weighted by atomic mass is 10.0. The summed E-state index contributed by atoms with van der Waals surface area (Å²) in [6.45, 7) is 10.2. The first-order chi connectivity index (χ1) is 18.0. The molecule has 38 heavy (non-hydrogen) atoms. The second-order valence-corrected chi connectivity index (χ2v) is 12.2. The van der Waals surface area contributed by atoms with E-state index in [4.69, 9.17) is 0 Å². The Kier molecular flexibility index (Phi) is 5.49. The van der Waals surface area contributed by atoms with Crippen LogP contribution >= 0.6 is 0 Å². The maximum absolute atomic E-state index is 13.8. The van der Waals surface area contributed by atoms with Crippen LogP contribution in [0.2, 0.25) is 0 Å². The van der Waals surface area contributed by atoms with Crippen molar-refractivity contribution in [2.75, 3.05) is 6.54 Å². The summed E-state index contributed by atoms with van der Waals surface area (Å²) in [5.74, 6) is 0.323. The van der Waals surface area contributed by atoms with Crippen molar-refractivity contribution in [3.05, 3.63) is 41.6 Å². The Balaban J connectivity index is 1.31. The molecule has 1 N–H and O–H groups in total. The summed E-state index contributed by atoms with van der Waals surface area (Å²) in [7, 11) is 0. The van der Waals surface area contributed by atoms with Crippen molar-refractivity contribution in [3.8, 4) is 11.1 Å². The van der Waals surface area contributed by atoms with E-state index in [0.717, 1.165) is 41.5 Å². The van der Waals surface area contributed by atoms with Gasteiger partial charge in [-0.25, -0.2) is 9.97 Å². The van der Waals surface area contributed by atoms with E-state index < -0.39 is 6.04 Å². The van der Waals surface area contributed by atoms with Crippen molar-refractivity contribution in [2.24, 2.45) is 10.8 Å². The van der Waals surface area contributed by atoms with Crippen LogP contribution in [0.4, 0.5) is 0 Å². The first-order valence-corrected chi connectivity index (χ1v) is 13.4. The van der Waals surface area contributed by atoms with Crippen LogP contribution in [0.3, 0.4) is 0 Å². The number of nitrogens with zero attached hydrogens (tertiary/aromatic N) is 5. The predicted octanol–water partition coefficient (Wildman–Crippen LogP) is 3.61. The van der Waals surface area contributed by atoms with Crippen LogP contribution in [0, 0.1) is 24.7 Å². The first kappa shape index (κ1) is 24.7. The first-order valence-electron chi connectivity index (χ1n) is 13.4. The highest BCUT2D eigenvalue weighted by Crippen LogP contribution is 2.59. The molecule has 9 nitrogen and oxygen atoms in total. The molecule has 0 spiro atoms. The van der Waals surface area contributed by atoms with Crippen molar-refractivity contribution in [1.82, 2.24) is 30.0 Å². The van der Waals surface area contributed by atoms with E-state index in [0.29, 0.717) is 29.9 Å². The number of piperidine rings is 1. The molecule has 2 aromatic heterocycles. The molecule has 3 atom stereocenters. The lowest BCUT2D eigenvalue weighted by Crippen LogP contribution is -2.49. The molecule has 0 bridgehead atoms. The van der Waals surface area contributed by atoms with Crippen LogP contribution in [0.15, 0.2) is 24.5 Å². The minimum absolute atomic E-state index is 0.00119. The molecular formula is C29H34N6O3. The fourth-order valence-electron chi connectivity index (χ4n) is 5.99. The summed E-state index contributed by atoms with van der Waals surface area (Å²) in [6, 6.07) is 3.54. The summed E-state index contributed by atoms with van der Waals surface area (Å²) in [6.07, 6.45) is 7.39. The van der Waals surface area contributed by atoms with E-state index in [2.05, 4.69) is 34.2 Å². The van der Waals surface area contributed by atoms with Crippen molar-refractivity contribution in [3.63, 3.8) is 0 Å². The number of amides is 2. The Morgan fingerprint density at radius 1 is 1.05 bits per heavy atom. The smallest absolute Gasteiger partial charge is 0.245 e. The number of benzene rings is 1. The summed E-state index contributed by atoms with van der Waals surface area (Å²) in [5, 5.41) is 8.41. The number of hydrogen-bond acceptors (Lipinski definition) is 6. The van der Waals surface area contributed by atoms with Gasteiger partial charge in [0.15, 0.2) is 5.78 Å². The van der Waals surface area contributed by atoms with E-state index in [9.17, 15) is 14.4 Å². The van der Waals surface area contributed by atoms with Gasteiger partial charge in [-0.05, 0) is 73.6 Å². The summed E-state index contributed by atoms with van der Waals surface area (Å²) < 4.78 is 1.64. The second kappa shape index (κ2) is 8.44. The molecule has 3 heterocycles.